The number of hydrogen-bond donors (Lipinski definition) is 1. The molecular formula is C23H26ClN3O4. The molecule has 0 unspecified atom stereocenters. The molecule has 2 heterocycles. The average Bonchev–Trinajstić information content (AvgIpc) is 2.66. The molecule has 0 saturated heterocycles. The Labute approximate surface area is 186 Å². The standard InChI is InChI=1S/C23H26ClN3O4/c1-13(2)30-18-12-16(26-21-14(18)10-11-17(29-6)20(21)24)15-8-7-9-19(25-15)27-22(28)31-23(3,4)5/h7-13H,1-6H3,(H,25,27,28). The monoisotopic (exact) mass is 443 g/mol. The van der Waals surface area contributed by atoms with Gasteiger partial charge in [-0.3, -0.25) is 5.32 Å². The number of anilines is 1. The number of fused-ring (bicyclic) bond motifs is 1. The summed E-state index contributed by atoms with van der Waals surface area (Å²) in [4.78, 5) is 21.3. The third-order valence-electron chi connectivity index (χ3n) is 4.07. The van der Waals surface area contributed by atoms with Gasteiger partial charge in [-0.15, -0.1) is 0 Å². The summed E-state index contributed by atoms with van der Waals surface area (Å²) in [6.45, 7) is 9.28. The molecule has 1 aromatic carbocycles. The Bertz CT molecular complexity index is 1110. The summed E-state index contributed by atoms with van der Waals surface area (Å²) in [6.07, 6.45) is -0.632. The van der Waals surface area contributed by atoms with Crippen LogP contribution in [0.2, 0.25) is 5.02 Å². The molecular weight excluding hydrogens is 418 g/mol. The van der Waals surface area contributed by atoms with E-state index >= 15 is 0 Å². The van der Waals surface area contributed by atoms with E-state index in [1.165, 1.54) is 0 Å². The van der Waals surface area contributed by atoms with E-state index in [0.717, 1.165) is 5.39 Å². The second kappa shape index (κ2) is 8.98. The fourth-order valence-electron chi connectivity index (χ4n) is 2.90. The first-order valence-electron chi connectivity index (χ1n) is 9.88. The maximum atomic E-state index is 12.1. The minimum atomic E-state index is -0.611. The predicted octanol–water partition coefficient (Wildman–Crippen LogP) is 6.09. The van der Waals surface area contributed by atoms with E-state index in [4.69, 9.17) is 30.8 Å². The molecule has 2 aromatic heterocycles. The first-order valence-corrected chi connectivity index (χ1v) is 10.3. The van der Waals surface area contributed by atoms with Gasteiger partial charge in [0.05, 0.1) is 30.1 Å². The lowest BCUT2D eigenvalue weighted by molar-refractivity contribution is 0.0635. The molecule has 0 radical (unpaired) electrons. The fraction of sp³-hybridized carbons (Fsp3) is 0.348. The summed E-state index contributed by atoms with van der Waals surface area (Å²) < 4.78 is 16.6. The van der Waals surface area contributed by atoms with Crippen LogP contribution in [-0.4, -0.2) is 34.9 Å². The van der Waals surface area contributed by atoms with Crippen LogP contribution < -0.4 is 14.8 Å². The largest absolute Gasteiger partial charge is 0.495 e. The smallest absolute Gasteiger partial charge is 0.413 e. The van der Waals surface area contributed by atoms with Gasteiger partial charge in [0.25, 0.3) is 0 Å². The first kappa shape index (κ1) is 22.6. The Balaban J connectivity index is 2.06. The van der Waals surface area contributed by atoms with Crippen LogP contribution in [0.4, 0.5) is 10.6 Å². The second-order valence-corrected chi connectivity index (χ2v) is 8.56. The van der Waals surface area contributed by atoms with Crippen molar-refractivity contribution < 1.29 is 19.0 Å². The third-order valence-corrected chi connectivity index (χ3v) is 4.43. The molecule has 0 aliphatic carbocycles. The molecule has 1 N–H and O–H groups in total. The van der Waals surface area contributed by atoms with Crippen molar-refractivity contribution in [1.82, 2.24) is 9.97 Å². The van der Waals surface area contributed by atoms with Crippen LogP contribution in [0.15, 0.2) is 36.4 Å². The molecule has 0 saturated carbocycles. The van der Waals surface area contributed by atoms with E-state index in [2.05, 4.69) is 10.3 Å². The fourth-order valence-corrected chi connectivity index (χ4v) is 3.19. The van der Waals surface area contributed by atoms with Gasteiger partial charge in [0.1, 0.15) is 27.9 Å². The van der Waals surface area contributed by atoms with Crippen molar-refractivity contribution in [2.75, 3.05) is 12.4 Å². The number of pyridine rings is 2. The van der Waals surface area contributed by atoms with Crippen molar-refractivity contribution >= 4 is 34.4 Å². The van der Waals surface area contributed by atoms with Gasteiger partial charge in [0.15, 0.2) is 0 Å². The lowest BCUT2D eigenvalue weighted by Crippen LogP contribution is -2.27. The summed E-state index contributed by atoms with van der Waals surface area (Å²) in [5.74, 6) is 1.49. The van der Waals surface area contributed by atoms with Crippen molar-refractivity contribution in [3.63, 3.8) is 0 Å². The van der Waals surface area contributed by atoms with E-state index in [-0.39, 0.29) is 6.10 Å². The molecule has 0 aliphatic rings. The zero-order valence-corrected chi connectivity index (χ0v) is 19.2. The number of carbonyl (C=O) groups excluding carboxylic acids is 1. The van der Waals surface area contributed by atoms with Crippen LogP contribution in [0.1, 0.15) is 34.6 Å². The molecule has 8 heteroatoms. The van der Waals surface area contributed by atoms with Crippen molar-refractivity contribution in [1.29, 1.82) is 0 Å². The number of benzene rings is 1. The quantitative estimate of drug-likeness (QED) is 0.513. The van der Waals surface area contributed by atoms with Gasteiger partial charge in [-0.25, -0.2) is 14.8 Å². The number of nitrogens with zero attached hydrogens (tertiary/aromatic N) is 2. The van der Waals surface area contributed by atoms with Gasteiger partial charge < -0.3 is 14.2 Å². The number of methoxy groups -OCH3 is 1. The molecule has 0 bridgehead atoms. The molecule has 3 rings (SSSR count). The van der Waals surface area contributed by atoms with Gasteiger partial charge in [-0.2, -0.15) is 0 Å². The molecule has 0 aliphatic heterocycles. The lowest BCUT2D eigenvalue weighted by atomic mass is 10.1. The zero-order chi connectivity index (χ0) is 22.8. The van der Waals surface area contributed by atoms with Crippen LogP contribution in [0, 0.1) is 0 Å². The first-order chi connectivity index (χ1) is 14.6. The Hall–Kier alpha value is -3.06. The van der Waals surface area contributed by atoms with Crippen LogP contribution in [0.5, 0.6) is 11.5 Å². The molecule has 31 heavy (non-hydrogen) atoms. The Morgan fingerprint density at radius 1 is 1.06 bits per heavy atom. The number of ether oxygens (including phenoxy) is 3. The second-order valence-electron chi connectivity index (χ2n) is 8.19. The number of amides is 1. The summed E-state index contributed by atoms with van der Waals surface area (Å²) in [7, 11) is 1.55. The summed E-state index contributed by atoms with van der Waals surface area (Å²) in [5, 5.41) is 3.80. The van der Waals surface area contributed by atoms with Gasteiger partial charge in [-0.05, 0) is 58.9 Å². The van der Waals surface area contributed by atoms with Crippen molar-refractivity contribution in [2.45, 2.75) is 46.3 Å². The third kappa shape index (κ3) is 5.55. The number of aromatic nitrogens is 2. The average molecular weight is 444 g/mol. The normalized spacial score (nSPS) is 11.5. The molecule has 3 aromatic rings. The van der Waals surface area contributed by atoms with Crippen LogP contribution in [0.3, 0.4) is 0 Å². The Kier molecular flexibility index (Phi) is 6.55. The topological polar surface area (TPSA) is 82.6 Å². The highest BCUT2D eigenvalue weighted by molar-refractivity contribution is 6.36. The Morgan fingerprint density at radius 3 is 2.45 bits per heavy atom. The van der Waals surface area contributed by atoms with Crippen molar-refractivity contribution in [2.24, 2.45) is 0 Å². The van der Waals surface area contributed by atoms with Crippen LogP contribution >= 0.6 is 11.6 Å². The van der Waals surface area contributed by atoms with Crippen LogP contribution in [-0.2, 0) is 4.74 Å². The van der Waals surface area contributed by atoms with Crippen LogP contribution in [0.25, 0.3) is 22.3 Å². The number of carbonyl (C=O) groups is 1. The van der Waals surface area contributed by atoms with Gasteiger partial charge >= 0.3 is 6.09 Å². The van der Waals surface area contributed by atoms with Gasteiger partial charge in [0, 0.05) is 11.5 Å². The highest BCUT2D eigenvalue weighted by atomic mass is 35.5. The van der Waals surface area contributed by atoms with E-state index in [1.54, 1.807) is 52.1 Å². The summed E-state index contributed by atoms with van der Waals surface area (Å²) >= 11 is 6.53. The molecule has 0 fully saturated rings. The zero-order valence-electron chi connectivity index (χ0n) is 18.4. The number of halogens is 1. The van der Waals surface area contributed by atoms with E-state index in [9.17, 15) is 4.79 Å². The number of nitrogens with one attached hydrogen (secondary N) is 1. The van der Waals surface area contributed by atoms with Gasteiger partial charge in [0.2, 0.25) is 0 Å². The van der Waals surface area contributed by atoms with E-state index in [0.29, 0.717) is 39.2 Å². The number of hydrogen-bond acceptors (Lipinski definition) is 6. The van der Waals surface area contributed by atoms with Gasteiger partial charge in [-0.1, -0.05) is 17.7 Å². The SMILES string of the molecule is COc1ccc2c(OC(C)C)cc(-c3cccc(NC(=O)OC(C)(C)C)n3)nc2c1Cl. The molecule has 1 amide bonds. The highest BCUT2D eigenvalue weighted by Crippen LogP contribution is 2.38. The van der Waals surface area contributed by atoms with Crippen molar-refractivity contribution in [3.8, 4) is 22.9 Å². The summed E-state index contributed by atoms with van der Waals surface area (Å²) in [5.41, 5.74) is 1.02. The van der Waals surface area contributed by atoms with Crippen molar-refractivity contribution in [3.05, 3.63) is 41.4 Å². The molecule has 164 valence electrons. The highest BCUT2D eigenvalue weighted by Gasteiger charge is 2.18. The lowest BCUT2D eigenvalue weighted by Gasteiger charge is -2.19. The maximum absolute atomic E-state index is 12.1. The maximum Gasteiger partial charge on any atom is 0.413 e. The Morgan fingerprint density at radius 2 is 1.81 bits per heavy atom. The molecule has 7 nitrogen and oxygen atoms in total. The molecule has 0 atom stereocenters. The predicted molar refractivity (Wildman–Crippen MR) is 122 cm³/mol. The minimum absolute atomic E-state index is 0.0487. The van der Waals surface area contributed by atoms with E-state index < -0.39 is 11.7 Å². The number of rotatable bonds is 5. The van der Waals surface area contributed by atoms with E-state index in [1.807, 2.05) is 26.0 Å². The minimum Gasteiger partial charge on any atom is -0.495 e. The molecule has 0 spiro atoms. The summed E-state index contributed by atoms with van der Waals surface area (Å²) in [6, 6.07) is 10.7.